The van der Waals surface area contributed by atoms with E-state index in [1.165, 1.54) is 18.4 Å². The molecule has 0 radical (unpaired) electrons. The Kier molecular flexibility index (Phi) is 4.06. The zero-order chi connectivity index (χ0) is 14.1. The van der Waals surface area contributed by atoms with Crippen molar-refractivity contribution >= 4 is 23.2 Å². The molecule has 2 aromatic rings. The van der Waals surface area contributed by atoms with Crippen LogP contribution in [-0.4, -0.2) is 11.6 Å². The fourth-order valence-electron chi connectivity index (χ4n) is 2.71. The van der Waals surface area contributed by atoms with Crippen LogP contribution < -0.4 is 5.32 Å². The van der Waals surface area contributed by atoms with Gasteiger partial charge < -0.3 is 9.88 Å². The Balaban J connectivity index is 1.78. The Morgan fingerprint density at radius 3 is 2.80 bits per heavy atom. The first-order chi connectivity index (χ1) is 9.69. The topological polar surface area (TPSA) is 17.0 Å². The number of halogens is 2. The quantitative estimate of drug-likeness (QED) is 0.859. The third-order valence-corrected chi connectivity index (χ3v) is 4.78. The monoisotopic (exact) mass is 308 g/mol. The normalized spacial score (nSPS) is 16.4. The second-order valence-corrected chi connectivity index (χ2v) is 6.22. The molecule has 1 aromatic carbocycles. The first-order valence-corrected chi connectivity index (χ1v) is 7.70. The second kappa shape index (κ2) is 5.80. The highest BCUT2D eigenvalue weighted by atomic mass is 35.5. The number of benzene rings is 1. The van der Waals surface area contributed by atoms with Gasteiger partial charge in [-0.1, -0.05) is 35.3 Å². The first kappa shape index (κ1) is 14.0. The lowest BCUT2D eigenvalue weighted by molar-refractivity contribution is 0.528. The molecule has 1 N–H and O–H groups in total. The molecular weight excluding hydrogens is 291 g/mol. The Morgan fingerprint density at radius 1 is 1.30 bits per heavy atom. The molecule has 1 atom stereocenters. The van der Waals surface area contributed by atoms with Crippen molar-refractivity contribution in [3.63, 3.8) is 0 Å². The van der Waals surface area contributed by atoms with Crippen LogP contribution in [0.25, 0.3) is 0 Å². The lowest BCUT2D eigenvalue weighted by Gasteiger charge is -2.13. The molecule has 1 unspecified atom stereocenters. The summed E-state index contributed by atoms with van der Waals surface area (Å²) in [6, 6.07) is 8.45. The zero-order valence-corrected chi connectivity index (χ0v) is 13.0. The van der Waals surface area contributed by atoms with Gasteiger partial charge in [-0.05, 0) is 49.1 Å². The number of hydrogen-bond donors (Lipinski definition) is 1. The molecule has 1 aromatic heterocycles. The van der Waals surface area contributed by atoms with Crippen LogP contribution in [0.1, 0.15) is 30.0 Å². The summed E-state index contributed by atoms with van der Waals surface area (Å²) >= 11 is 12.3. The maximum absolute atomic E-state index is 6.24. The predicted octanol–water partition coefficient (Wildman–Crippen LogP) is 4.51. The molecule has 4 heteroatoms. The van der Waals surface area contributed by atoms with Gasteiger partial charge in [0, 0.05) is 25.0 Å². The predicted molar refractivity (Wildman–Crippen MR) is 84.5 cm³/mol. The van der Waals surface area contributed by atoms with E-state index >= 15 is 0 Å². The highest BCUT2D eigenvalue weighted by molar-refractivity contribution is 6.42. The van der Waals surface area contributed by atoms with Gasteiger partial charge >= 0.3 is 0 Å². The van der Waals surface area contributed by atoms with Crippen LogP contribution >= 0.6 is 23.2 Å². The van der Waals surface area contributed by atoms with Gasteiger partial charge in [0.1, 0.15) is 0 Å². The van der Waals surface area contributed by atoms with Crippen LogP contribution in [-0.2, 0) is 6.54 Å². The molecule has 1 saturated carbocycles. The molecule has 0 saturated heterocycles. The summed E-state index contributed by atoms with van der Waals surface area (Å²) in [7, 11) is 2.04. The summed E-state index contributed by atoms with van der Waals surface area (Å²) in [5.41, 5.74) is 2.40. The van der Waals surface area contributed by atoms with E-state index in [1.54, 1.807) is 0 Å². The van der Waals surface area contributed by atoms with E-state index < -0.39 is 0 Å². The van der Waals surface area contributed by atoms with Crippen molar-refractivity contribution < 1.29 is 0 Å². The number of nitrogens with zero attached hydrogens (tertiary/aromatic N) is 1. The number of nitrogens with one attached hydrogen (secondary N) is 1. The van der Waals surface area contributed by atoms with E-state index in [-0.39, 0.29) is 0 Å². The number of rotatable bonds is 5. The van der Waals surface area contributed by atoms with E-state index in [1.807, 2.05) is 25.2 Å². The molecular formula is C16H18Cl2N2. The van der Waals surface area contributed by atoms with Gasteiger partial charge in [-0.3, -0.25) is 0 Å². The minimum Gasteiger partial charge on any atom is -0.350 e. The van der Waals surface area contributed by atoms with Crippen LogP contribution in [0.15, 0.2) is 36.7 Å². The van der Waals surface area contributed by atoms with Crippen molar-refractivity contribution in [2.24, 2.45) is 5.92 Å². The van der Waals surface area contributed by atoms with Crippen molar-refractivity contribution in [3.05, 3.63) is 57.8 Å². The third-order valence-electron chi connectivity index (χ3n) is 3.92. The summed E-state index contributed by atoms with van der Waals surface area (Å²) < 4.78 is 2.17. The summed E-state index contributed by atoms with van der Waals surface area (Å²) in [4.78, 5) is 0. The van der Waals surface area contributed by atoms with Crippen molar-refractivity contribution in [2.45, 2.75) is 25.4 Å². The molecule has 0 spiro atoms. The smallest absolute Gasteiger partial charge is 0.0642 e. The summed E-state index contributed by atoms with van der Waals surface area (Å²) in [6.45, 7) is 0.750. The average Bonchev–Trinajstić information content (AvgIpc) is 3.16. The molecule has 0 aliphatic heterocycles. The Labute approximate surface area is 129 Å². The van der Waals surface area contributed by atoms with Crippen molar-refractivity contribution in [2.75, 3.05) is 7.05 Å². The highest BCUT2D eigenvalue weighted by Gasteiger charge is 2.31. The molecule has 2 nitrogen and oxygen atoms in total. The molecule has 0 amide bonds. The van der Waals surface area contributed by atoms with Crippen LogP contribution in [0.3, 0.4) is 0 Å². The third kappa shape index (κ3) is 2.88. The second-order valence-electron chi connectivity index (χ2n) is 5.43. The molecule has 1 aliphatic rings. The lowest BCUT2D eigenvalue weighted by Crippen LogP contribution is -2.17. The van der Waals surface area contributed by atoms with Crippen molar-refractivity contribution in [3.8, 4) is 0 Å². The van der Waals surface area contributed by atoms with Gasteiger partial charge in [-0.25, -0.2) is 0 Å². The SMILES string of the molecule is CNC(c1ccn(Cc2cccc(Cl)c2Cl)c1)C1CC1. The maximum atomic E-state index is 6.24. The molecule has 20 heavy (non-hydrogen) atoms. The van der Waals surface area contributed by atoms with Crippen LogP contribution in [0.4, 0.5) is 0 Å². The standard InChI is InChI=1S/C16H18Cl2N2/c1-19-16(11-5-6-11)13-7-8-20(10-13)9-12-3-2-4-14(17)15(12)18/h2-4,7-8,10-11,16,19H,5-6,9H2,1H3. The fourth-order valence-corrected chi connectivity index (χ4v) is 3.09. The molecule has 1 heterocycles. The number of aromatic nitrogens is 1. The van der Waals surface area contributed by atoms with E-state index in [0.717, 1.165) is 18.0 Å². The maximum Gasteiger partial charge on any atom is 0.0642 e. The van der Waals surface area contributed by atoms with Crippen LogP contribution in [0, 0.1) is 5.92 Å². The molecule has 3 rings (SSSR count). The van der Waals surface area contributed by atoms with Gasteiger partial charge in [0.15, 0.2) is 0 Å². The minimum atomic E-state index is 0.478. The largest absolute Gasteiger partial charge is 0.350 e. The Morgan fingerprint density at radius 2 is 2.10 bits per heavy atom. The van der Waals surface area contributed by atoms with Gasteiger partial charge in [0.25, 0.3) is 0 Å². The van der Waals surface area contributed by atoms with Gasteiger partial charge in [-0.2, -0.15) is 0 Å². The van der Waals surface area contributed by atoms with E-state index in [2.05, 4.69) is 28.3 Å². The minimum absolute atomic E-state index is 0.478. The van der Waals surface area contributed by atoms with Crippen molar-refractivity contribution in [1.82, 2.24) is 9.88 Å². The molecule has 1 fully saturated rings. The molecule has 106 valence electrons. The molecule has 0 bridgehead atoms. The summed E-state index contributed by atoms with van der Waals surface area (Å²) in [6.07, 6.45) is 6.98. The van der Waals surface area contributed by atoms with Crippen LogP contribution in [0.2, 0.25) is 10.0 Å². The number of hydrogen-bond acceptors (Lipinski definition) is 1. The zero-order valence-electron chi connectivity index (χ0n) is 11.4. The Hall–Kier alpha value is -0.960. The van der Waals surface area contributed by atoms with E-state index in [0.29, 0.717) is 16.1 Å². The summed E-state index contributed by atoms with van der Waals surface area (Å²) in [5.74, 6) is 0.797. The Bertz CT molecular complexity index is 602. The lowest BCUT2D eigenvalue weighted by atomic mass is 10.1. The van der Waals surface area contributed by atoms with Gasteiger partial charge in [0.2, 0.25) is 0 Å². The highest BCUT2D eigenvalue weighted by Crippen LogP contribution is 2.40. The fraction of sp³-hybridized carbons (Fsp3) is 0.375. The van der Waals surface area contributed by atoms with Gasteiger partial charge in [-0.15, -0.1) is 0 Å². The average molecular weight is 309 g/mol. The van der Waals surface area contributed by atoms with E-state index in [4.69, 9.17) is 23.2 Å². The van der Waals surface area contributed by atoms with Crippen LogP contribution in [0.5, 0.6) is 0 Å². The van der Waals surface area contributed by atoms with Gasteiger partial charge in [0.05, 0.1) is 10.0 Å². The van der Waals surface area contributed by atoms with E-state index in [9.17, 15) is 0 Å². The summed E-state index contributed by atoms with van der Waals surface area (Å²) in [5, 5.41) is 4.68. The van der Waals surface area contributed by atoms with Crippen molar-refractivity contribution in [1.29, 1.82) is 0 Å². The molecule has 1 aliphatic carbocycles. The first-order valence-electron chi connectivity index (χ1n) is 6.95.